The Labute approximate surface area is 98.1 Å². The average Bonchev–Trinajstić information content (AvgIpc) is 2.25. The standard InChI is InChI=1S/C8H6O10/c9-3(17-7(15)5(11)12)1-2-4(10)18-8(16)6(13)14/h1-2H2,(H,11,12)(H,13,14). The van der Waals surface area contributed by atoms with Gasteiger partial charge in [-0.2, -0.15) is 0 Å². The van der Waals surface area contributed by atoms with E-state index in [4.69, 9.17) is 10.2 Å². The minimum atomic E-state index is -1.99. The third-order valence-electron chi connectivity index (χ3n) is 1.30. The molecule has 18 heavy (non-hydrogen) atoms. The monoisotopic (exact) mass is 262 g/mol. The zero-order valence-corrected chi connectivity index (χ0v) is 8.57. The molecule has 0 aromatic carbocycles. The van der Waals surface area contributed by atoms with E-state index < -0.39 is 48.7 Å². The van der Waals surface area contributed by atoms with Gasteiger partial charge in [-0.05, 0) is 0 Å². The molecule has 2 N–H and O–H groups in total. The lowest BCUT2D eigenvalue weighted by molar-refractivity contribution is -0.173. The Morgan fingerprint density at radius 3 is 1.17 bits per heavy atom. The fourth-order valence-corrected chi connectivity index (χ4v) is 0.600. The van der Waals surface area contributed by atoms with Gasteiger partial charge in [-0.1, -0.05) is 0 Å². The molecule has 0 radical (unpaired) electrons. The van der Waals surface area contributed by atoms with Gasteiger partial charge < -0.3 is 19.7 Å². The van der Waals surface area contributed by atoms with Crippen molar-refractivity contribution in [1.29, 1.82) is 0 Å². The average molecular weight is 262 g/mol. The second kappa shape index (κ2) is 6.73. The van der Waals surface area contributed by atoms with Crippen LogP contribution in [0.15, 0.2) is 0 Å². The normalized spacial score (nSPS) is 9.11. The maximum absolute atomic E-state index is 10.8. The lowest BCUT2D eigenvalue weighted by Crippen LogP contribution is -2.23. The SMILES string of the molecule is O=C(CCC(=O)OC(=O)C(=O)O)OC(=O)C(=O)O. The van der Waals surface area contributed by atoms with Gasteiger partial charge in [-0.25, -0.2) is 19.2 Å². The van der Waals surface area contributed by atoms with Crippen LogP contribution in [0.3, 0.4) is 0 Å². The molecule has 0 aliphatic heterocycles. The molecule has 98 valence electrons. The molecule has 10 nitrogen and oxygen atoms in total. The third kappa shape index (κ3) is 5.95. The van der Waals surface area contributed by atoms with Crippen LogP contribution in [0, 0.1) is 0 Å². The van der Waals surface area contributed by atoms with Gasteiger partial charge in [0.2, 0.25) is 0 Å². The molecule has 10 heteroatoms. The largest absolute Gasteiger partial charge is 0.473 e. The van der Waals surface area contributed by atoms with Gasteiger partial charge in [0.1, 0.15) is 0 Å². The van der Waals surface area contributed by atoms with Crippen molar-refractivity contribution in [1.82, 2.24) is 0 Å². The van der Waals surface area contributed by atoms with E-state index in [0.717, 1.165) is 0 Å². The van der Waals surface area contributed by atoms with Gasteiger partial charge in [-0.3, -0.25) is 9.59 Å². The number of carboxylic acid groups (broad SMARTS) is 2. The first kappa shape index (κ1) is 15.2. The van der Waals surface area contributed by atoms with E-state index in [9.17, 15) is 28.8 Å². The number of carbonyl (C=O) groups is 6. The van der Waals surface area contributed by atoms with Crippen LogP contribution in [-0.4, -0.2) is 46.0 Å². The summed E-state index contributed by atoms with van der Waals surface area (Å²) >= 11 is 0. The Morgan fingerprint density at radius 2 is 0.944 bits per heavy atom. The number of hydrogen-bond donors (Lipinski definition) is 2. The molecule has 0 amide bonds. The summed E-state index contributed by atoms with van der Waals surface area (Å²) in [6, 6.07) is 0. The number of ether oxygens (including phenoxy) is 2. The topological polar surface area (TPSA) is 161 Å². The van der Waals surface area contributed by atoms with E-state index in [0.29, 0.717) is 0 Å². The van der Waals surface area contributed by atoms with Gasteiger partial charge in [0.25, 0.3) is 0 Å². The quantitative estimate of drug-likeness (QED) is 0.333. The number of carbonyl (C=O) groups excluding carboxylic acids is 4. The highest BCUT2D eigenvalue weighted by atomic mass is 16.6. The van der Waals surface area contributed by atoms with E-state index >= 15 is 0 Å². The van der Waals surface area contributed by atoms with Crippen molar-refractivity contribution >= 4 is 35.8 Å². The molecule has 0 bridgehead atoms. The fraction of sp³-hybridized carbons (Fsp3) is 0.250. The van der Waals surface area contributed by atoms with Gasteiger partial charge >= 0.3 is 35.8 Å². The van der Waals surface area contributed by atoms with Gasteiger partial charge in [-0.15, -0.1) is 0 Å². The minimum Gasteiger partial charge on any atom is -0.473 e. The molecule has 0 aliphatic rings. The van der Waals surface area contributed by atoms with Crippen molar-refractivity contribution in [3.05, 3.63) is 0 Å². The lowest BCUT2D eigenvalue weighted by Gasteiger charge is -2.00. The Bertz CT molecular complexity index is 380. The van der Waals surface area contributed by atoms with Crippen molar-refractivity contribution in [3.63, 3.8) is 0 Å². The van der Waals surface area contributed by atoms with Crippen LogP contribution >= 0.6 is 0 Å². The number of rotatable bonds is 3. The molecule has 0 spiro atoms. The summed E-state index contributed by atoms with van der Waals surface area (Å²) in [6.45, 7) is 0. The van der Waals surface area contributed by atoms with Gasteiger partial charge in [0, 0.05) is 0 Å². The first-order valence-corrected chi connectivity index (χ1v) is 4.20. The predicted molar refractivity (Wildman–Crippen MR) is 46.7 cm³/mol. The molecule has 0 aromatic heterocycles. The zero-order chi connectivity index (χ0) is 14.3. The summed E-state index contributed by atoms with van der Waals surface area (Å²) in [6.07, 6.45) is -1.49. The first-order valence-electron chi connectivity index (χ1n) is 4.20. The second-order valence-corrected chi connectivity index (χ2v) is 2.63. The molecule has 0 atom stereocenters. The first-order chi connectivity index (χ1) is 8.23. The maximum Gasteiger partial charge on any atom is 0.424 e. The van der Waals surface area contributed by atoms with Crippen LogP contribution in [0.2, 0.25) is 0 Å². The number of hydrogen-bond acceptors (Lipinski definition) is 8. The molecule has 0 fully saturated rings. The van der Waals surface area contributed by atoms with E-state index in [1.165, 1.54) is 0 Å². The summed E-state index contributed by atoms with van der Waals surface area (Å²) < 4.78 is 7.46. The molecule has 0 rings (SSSR count). The van der Waals surface area contributed by atoms with Crippen LogP contribution in [0.5, 0.6) is 0 Å². The molecule has 0 heterocycles. The molecule has 0 aromatic rings. The highest BCUT2D eigenvalue weighted by Crippen LogP contribution is 1.97. The summed E-state index contributed by atoms with van der Waals surface area (Å²) in [7, 11) is 0. The van der Waals surface area contributed by atoms with Crippen LogP contribution in [-0.2, 0) is 38.2 Å². The van der Waals surface area contributed by atoms with Crippen molar-refractivity contribution in [2.45, 2.75) is 12.8 Å². The fourth-order valence-electron chi connectivity index (χ4n) is 0.600. The van der Waals surface area contributed by atoms with Gasteiger partial charge in [0.05, 0.1) is 12.8 Å². The molecule has 0 unspecified atom stereocenters. The summed E-state index contributed by atoms with van der Waals surface area (Å²) in [4.78, 5) is 62.2. The van der Waals surface area contributed by atoms with E-state index in [1.54, 1.807) is 0 Å². The van der Waals surface area contributed by atoms with Crippen molar-refractivity contribution < 1.29 is 48.5 Å². The van der Waals surface area contributed by atoms with Crippen LogP contribution < -0.4 is 0 Å². The number of esters is 4. The van der Waals surface area contributed by atoms with E-state index in [2.05, 4.69) is 9.47 Å². The van der Waals surface area contributed by atoms with Crippen LogP contribution in [0.25, 0.3) is 0 Å². The Morgan fingerprint density at radius 1 is 0.667 bits per heavy atom. The van der Waals surface area contributed by atoms with E-state index in [-0.39, 0.29) is 0 Å². The Hall–Kier alpha value is -2.78. The Kier molecular flexibility index (Phi) is 5.69. The van der Waals surface area contributed by atoms with Crippen molar-refractivity contribution in [3.8, 4) is 0 Å². The lowest BCUT2D eigenvalue weighted by atomic mass is 10.3. The molecular formula is C8H6O10. The Balaban J connectivity index is 4.03. The summed E-state index contributed by atoms with van der Waals surface area (Å²) in [5, 5.41) is 16.1. The van der Waals surface area contributed by atoms with E-state index in [1.807, 2.05) is 0 Å². The maximum atomic E-state index is 10.8. The molecule has 0 saturated heterocycles. The minimum absolute atomic E-state index is 0.745. The van der Waals surface area contributed by atoms with Crippen molar-refractivity contribution in [2.24, 2.45) is 0 Å². The highest BCUT2D eigenvalue weighted by molar-refractivity contribution is 6.31. The summed E-state index contributed by atoms with van der Waals surface area (Å²) in [5.41, 5.74) is 0. The highest BCUT2D eigenvalue weighted by Gasteiger charge is 2.21. The summed E-state index contributed by atoms with van der Waals surface area (Å²) in [5.74, 6) is -10.3. The smallest absolute Gasteiger partial charge is 0.424 e. The van der Waals surface area contributed by atoms with Crippen molar-refractivity contribution in [2.75, 3.05) is 0 Å². The second-order valence-electron chi connectivity index (χ2n) is 2.63. The zero-order valence-electron chi connectivity index (χ0n) is 8.57. The third-order valence-corrected chi connectivity index (χ3v) is 1.30. The molecule has 0 aliphatic carbocycles. The number of carboxylic acids is 2. The van der Waals surface area contributed by atoms with Crippen LogP contribution in [0.4, 0.5) is 0 Å². The van der Waals surface area contributed by atoms with Crippen LogP contribution in [0.1, 0.15) is 12.8 Å². The number of aliphatic carboxylic acids is 2. The van der Waals surface area contributed by atoms with Gasteiger partial charge in [0.15, 0.2) is 0 Å². The molecular weight excluding hydrogens is 256 g/mol. The predicted octanol–water partition coefficient (Wildman–Crippen LogP) is -1.92. The molecule has 0 saturated carbocycles.